The summed E-state index contributed by atoms with van der Waals surface area (Å²) in [6, 6.07) is 14.7. The van der Waals surface area contributed by atoms with Crippen LogP contribution in [0.3, 0.4) is 0 Å². The van der Waals surface area contributed by atoms with Crippen molar-refractivity contribution in [2.24, 2.45) is 0 Å². The van der Waals surface area contributed by atoms with E-state index >= 15 is 0 Å². The number of nitrogens with one attached hydrogen (secondary N) is 1. The summed E-state index contributed by atoms with van der Waals surface area (Å²) in [5.74, 6) is 0.960. The molecule has 1 aromatic carbocycles. The van der Waals surface area contributed by atoms with Gasteiger partial charge in [-0.1, -0.05) is 30.7 Å². The first-order chi connectivity index (χ1) is 9.69. The number of aryl methyl sites for hydroxylation is 1. The number of nitrogens with zero attached hydrogens (tertiary/aromatic N) is 2. The van der Waals surface area contributed by atoms with Crippen LogP contribution in [0.5, 0.6) is 0 Å². The van der Waals surface area contributed by atoms with Crippen LogP contribution in [-0.2, 0) is 6.54 Å². The molecule has 0 aliphatic heterocycles. The highest BCUT2D eigenvalue weighted by atomic mass is 15.1. The second-order valence-corrected chi connectivity index (χ2v) is 5.13. The minimum atomic E-state index is 0.810. The zero-order chi connectivity index (χ0) is 14.4. The second-order valence-electron chi connectivity index (χ2n) is 5.13. The molecule has 0 saturated carbocycles. The van der Waals surface area contributed by atoms with E-state index in [4.69, 9.17) is 0 Å². The van der Waals surface area contributed by atoms with Gasteiger partial charge in [-0.3, -0.25) is 0 Å². The van der Waals surface area contributed by atoms with E-state index in [2.05, 4.69) is 72.5 Å². The maximum absolute atomic E-state index is 4.64. The minimum absolute atomic E-state index is 0.810. The molecule has 0 saturated heterocycles. The molecule has 0 unspecified atom stereocenters. The molecule has 0 bridgehead atoms. The lowest BCUT2D eigenvalue weighted by Crippen LogP contribution is -2.17. The summed E-state index contributed by atoms with van der Waals surface area (Å²) in [5.41, 5.74) is 3.57. The molecular formula is C17H23N3. The first-order valence-corrected chi connectivity index (χ1v) is 7.16. The number of hydrogen-bond acceptors (Lipinski definition) is 3. The Hall–Kier alpha value is -2.03. The van der Waals surface area contributed by atoms with Gasteiger partial charge in [0.2, 0.25) is 0 Å². The molecule has 3 heteroatoms. The SMILES string of the molecule is CCCNc1cccc(CN(C)c2ccc(C)cc2)n1. The third-order valence-electron chi connectivity index (χ3n) is 3.24. The molecule has 0 radical (unpaired) electrons. The highest BCUT2D eigenvalue weighted by molar-refractivity contribution is 5.47. The van der Waals surface area contributed by atoms with Crippen molar-refractivity contribution in [3.63, 3.8) is 0 Å². The Morgan fingerprint density at radius 1 is 1.10 bits per heavy atom. The fourth-order valence-electron chi connectivity index (χ4n) is 2.05. The Balaban J connectivity index is 2.03. The van der Waals surface area contributed by atoms with E-state index in [0.717, 1.165) is 31.0 Å². The topological polar surface area (TPSA) is 28.2 Å². The van der Waals surface area contributed by atoms with Crippen molar-refractivity contribution < 1.29 is 0 Å². The van der Waals surface area contributed by atoms with Gasteiger partial charge < -0.3 is 10.2 Å². The van der Waals surface area contributed by atoms with Gasteiger partial charge in [0.15, 0.2) is 0 Å². The molecule has 0 atom stereocenters. The van der Waals surface area contributed by atoms with E-state index < -0.39 is 0 Å². The van der Waals surface area contributed by atoms with Gasteiger partial charge in [-0.05, 0) is 37.6 Å². The molecule has 0 amide bonds. The fraction of sp³-hybridized carbons (Fsp3) is 0.353. The molecule has 3 nitrogen and oxygen atoms in total. The second kappa shape index (κ2) is 6.94. The van der Waals surface area contributed by atoms with E-state index in [9.17, 15) is 0 Å². The van der Waals surface area contributed by atoms with Crippen LogP contribution in [0.2, 0.25) is 0 Å². The summed E-state index contributed by atoms with van der Waals surface area (Å²) in [6.07, 6.45) is 1.11. The summed E-state index contributed by atoms with van der Waals surface area (Å²) in [4.78, 5) is 6.85. The van der Waals surface area contributed by atoms with Crippen molar-refractivity contribution in [2.45, 2.75) is 26.8 Å². The first-order valence-electron chi connectivity index (χ1n) is 7.16. The van der Waals surface area contributed by atoms with Crippen LogP contribution in [0.1, 0.15) is 24.6 Å². The highest BCUT2D eigenvalue weighted by Crippen LogP contribution is 2.16. The number of hydrogen-bond donors (Lipinski definition) is 1. The molecule has 1 N–H and O–H groups in total. The Kier molecular flexibility index (Phi) is 4.99. The van der Waals surface area contributed by atoms with Crippen LogP contribution >= 0.6 is 0 Å². The number of rotatable bonds is 6. The van der Waals surface area contributed by atoms with Gasteiger partial charge in [-0.25, -0.2) is 4.98 Å². The summed E-state index contributed by atoms with van der Waals surface area (Å²) >= 11 is 0. The molecule has 2 aromatic rings. The van der Waals surface area contributed by atoms with Crippen LogP contribution in [0.4, 0.5) is 11.5 Å². The van der Waals surface area contributed by atoms with Crippen LogP contribution in [0.15, 0.2) is 42.5 Å². The van der Waals surface area contributed by atoms with Crippen LogP contribution < -0.4 is 10.2 Å². The van der Waals surface area contributed by atoms with E-state index in [1.807, 2.05) is 6.07 Å². The predicted octanol–water partition coefficient (Wildman–Crippen LogP) is 3.85. The number of pyridine rings is 1. The quantitative estimate of drug-likeness (QED) is 0.863. The van der Waals surface area contributed by atoms with E-state index in [0.29, 0.717) is 0 Å². The van der Waals surface area contributed by atoms with Crippen LogP contribution in [-0.4, -0.2) is 18.6 Å². The fourth-order valence-corrected chi connectivity index (χ4v) is 2.05. The average Bonchev–Trinajstić information content (AvgIpc) is 2.46. The molecule has 0 spiro atoms. The maximum atomic E-state index is 4.64. The smallest absolute Gasteiger partial charge is 0.126 e. The lowest BCUT2D eigenvalue weighted by molar-refractivity contribution is 0.880. The van der Waals surface area contributed by atoms with E-state index in [1.54, 1.807) is 0 Å². The molecular weight excluding hydrogens is 246 g/mol. The largest absolute Gasteiger partial charge is 0.370 e. The number of benzene rings is 1. The van der Waals surface area contributed by atoms with Crippen molar-refractivity contribution in [2.75, 3.05) is 23.8 Å². The van der Waals surface area contributed by atoms with Crippen molar-refractivity contribution >= 4 is 11.5 Å². The minimum Gasteiger partial charge on any atom is -0.370 e. The van der Waals surface area contributed by atoms with Crippen molar-refractivity contribution in [1.29, 1.82) is 0 Å². The maximum Gasteiger partial charge on any atom is 0.126 e. The predicted molar refractivity (Wildman–Crippen MR) is 86.3 cm³/mol. The van der Waals surface area contributed by atoms with Gasteiger partial charge in [0, 0.05) is 19.3 Å². The summed E-state index contributed by atoms with van der Waals surface area (Å²) in [7, 11) is 2.10. The van der Waals surface area contributed by atoms with Gasteiger partial charge in [0.05, 0.1) is 12.2 Å². The molecule has 1 aromatic heterocycles. The Morgan fingerprint density at radius 2 is 1.85 bits per heavy atom. The first kappa shape index (κ1) is 14.4. The van der Waals surface area contributed by atoms with E-state index in [-0.39, 0.29) is 0 Å². The molecule has 2 rings (SSSR count). The zero-order valence-corrected chi connectivity index (χ0v) is 12.6. The Labute approximate surface area is 121 Å². The Morgan fingerprint density at radius 3 is 2.55 bits per heavy atom. The number of anilines is 2. The third-order valence-corrected chi connectivity index (χ3v) is 3.24. The lowest BCUT2D eigenvalue weighted by Gasteiger charge is -2.19. The normalized spacial score (nSPS) is 10.3. The highest BCUT2D eigenvalue weighted by Gasteiger charge is 2.04. The lowest BCUT2D eigenvalue weighted by atomic mass is 10.2. The molecule has 106 valence electrons. The van der Waals surface area contributed by atoms with Crippen molar-refractivity contribution in [1.82, 2.24) is 4.98 Å². The van der Waals surface area contributed by atoms with Crippen molar-refractivity contribution in [3.8, 4) is 0 Å². The summed E-state index contributed by atoms with van der Waals surface area (Å²) in [5, 5.41) is 3.33. The molecule has 0 aliphatic rings. The monoisotopic (exact) mass is 269 g/mol. The standard InChI is InChI=1S/C17H23N3/c1-4-12-18-17-7-5-6-15(19-17)13-20(3)16-10-8-14(2)9-11-16/h5-11H,4,12-13H2,1-3H3,(H,18,19). The number of aromatic nitrogens is 1. The summed E-state index contributed by atoms with van der Waals surface area (Å²) in [6.45, 7) is 6.03. The van der Waals surface area contributed by atoms with Gasteiger partial charge in [-0.2, -0.15) is 0 Å². The molecule has 20 heavy (non-hydrogen) atoms. The van der Waals surface area contributed by atoms with Gasteiger partial charge in [0.25, 0.3) is 0 Å². The molecule has 0 fully saturated rings. The Bertz CT molecular complexity index is 534. The van der Waals surface area contributed by atoms with Crippen LogP contribution in [0.25, 0.3) is 0 Å². The summed E-state index contributed by atoms with van der Waals surface area (Å²) < 4.78 is 0. The van der Waals surface area contributed by atoms with Crippen LogP contribution in [0, 0.1) is 6.92 Å². The molecule has 0 aliphatic carbocycles. The molecule has 1 heterocycles. The third kappa shape index (κ3) is 3.98. The van der Waals surface area contributed by atoms with Gasteiger partial charge in [0.1, 0.15) is 5.82 Å². The zero-order valence-electron chi connectivity index (χ0n) is 12.6. The van der Waals surface area contributed by atoms with E-state index in [1.165, 1.54) is 11.3 Å². The van der Waals surface area contributed by atoms with Crippen molar-refractivity contribution in [3.05, 3.63) is 53.7 Å². The van der Waals surface area contributed by atoms with Gasteiger partial charge in [-0.15, -0.1) is 0 Å². The average molecular weight is 269 g/mol. The van der Waals surface area contributed by atoms with Gasteiger partial charge >= 0.3 is 0 Å².